The molecular formula is C13H13ClN2O2. The number of carbonyl (C=O) groups excluding carboxylic acids is 1. The van der Waals surface area contributed by atoms with Crippen LogP contribution in [0, 0.1) is 25.2 Å². The number of hydrogen-bond donors (Lipinski definition) is 0. The number of nitriles is 1. The van der Waals surface area contributed by atoms with Crippen LogP contribution in [0.3, 0.4) is 0 Å². The Morgan fingerprint density at radius 1 is 1.50 bits per heavy atom. The lowest BCUT2D eigenvalue weighted by Gasteiger charge is -2.31. The fraction of sp³-hybridized carbons (Fsp3) is 0.385. The van der Waals surface area contributed by atoms with Crippen LogP contribution in [-0.2, 0) is 9.53 Å². The molecule has 0 spiro atoms. The van der Waals surface area contributed by atoms with Gasteiger partial charge in [0, 0.05) is 0 Å². The topological polar surface area (TPSA) is 53.3 Å². The van der Waals surface area contributed by atoms with E-state index in [-0.39, 0.29) is 19.1 Å². The minimum atomic E-state index is -0.598. The molecule has 1 fully saturated rings. The van der Waals surface area contributed by atoms with Gasteiger partial charge >= 0.3 is 0 Å². The van der Waals surface area contributed by atoms with Gasteiger partial charge in [-0.05, 0) is 31.0 Å². The summed E-state index contributed by atoms with van der Waals surface area (Å²) in [4.78, 5) is 13.4. The van der Waals surface area contributed by atoms with Crippen molar-refractivity contribution in [1.29, 1.82) is 5.26 Å². The summed E-state index contributed by atoms with van der Waals surface area (Å²) in [5.41, 5.74) is 2.64. The summed E-state index contributed by atoms with van der Waals surface area (Å²) in [6, 6.07) is 5.79. The maximum Gasteiger partial charge on any atom is 0.253 e. The average molecular weight is 265 g/mol. The standard InChI is InChI=1S/C13H13ClN2O2/c1-8-3-9(2)13(11(14)4-8)16-6-10(5-15)18-7-12(16)17/h3-4,10H,6-7H2,1-2H3. The van der Waals surface area contributed by atoms with Gasteiger partial charge in [-0.25, -0.2) is 0 Å². The number of halogens is 1. The number of aryl methyl sites for hydroxylation is 2. The van der Waals surface area contributed by atoms with Gasteiger partial charge in [0.1, 0.15) is 6.61 Å². The first-order chi connectivity index (χ1) is 8.52. The number of nitrogens with zero attached hydrogens (tertiary/aromatic N) is 2. The second kappa shape index (κ2) is 4.97. The lowest BCUT2D eigenvalue weighted by atomic mass is 10.1. The number of carbonyl (C=O) groups is 1. The van der Waals surface area contributed by atoms with Gasteiger partial charge in [0.05, 0.1) is 23.3 Å². The molecule has 2 rings (SSSR count). The van der Waals surface area contributed by atoms with E-state index in [0.29, 0.717) is 10.7 Å². The average Bonchev–Trinajstić information content (AvgIpc) is 2.30. The molecular weight excluding hydrogens is 252 g/mol. The first-order valence-electron chi connectivity index (χ1n) is 5.61. The summed E-state index contributed by atoms with van der Waals surface area (Å²) in [5, 5.41) is 9.41. The van der Waals surface area contributed by atoms with Crippen molar-refractivity contribution in [1.82, 2.24) is 0 Å². The fourth-order valence-corrected chi connectivity index (χ4v) is 2.54. The Kier molecular flexibility index (Phi) is 3.55. The Hall–Kier alpha value is -1.57. The van der Waals surface area contributed by atoms with Crippen LogP contribution in [0.15, 0.2) is 12.1 Å². The lowest BCUT2D eigenvalue weighted by molar-refractivity contribution is -0.127. The van der Waals surface area contributed by atoms with E-state index < -0.39 is 6.10 Å². The third-order valence-corrected chi connectivity index (χ3v) is 3.16. The predicted octanol–water partition coefficient (Wildman–Crippen LogP) is 2.21. The monoisotopic (exact) mass is 264 g/mol. The van der Waals surface area contributed by atoms with E-state index in [1.807, 2.05) is 32.0 Å². The molecule has 94 valence electrons. The maximum atomic E-state index is 11.9. The minimum Gasteiger partial charge on any atom is -0.352 e. The molecule has 4 nitrogen and oxygen atoms in total. The van der Waals surface area contributed by atoms with Gasteiger partial charge in [-0.1, -0.05) is 17.7 Å². The first-order valence-corrected chi connectivity index (χ1v) is 5.99. The molecule has 1 heterocycles. The molecule has 0 aliphatic carbocycles. The maximum absolute atomic E-state index is 11.9. The zero-order chi connectivity index (χ0) is 13.3. The van der Waals surface area contributed by atoms with Crippen molar-refractivity contribution in [2.24, 2.45) is 0 Å². The van der Waals surface area contributed by atoms with Crippen molar-refractivity contribution in [3.63, 3.8) is 0 Å². The Balaban J connectivity index is 2.41. The number of benzene rings is 1. The lowest BCUT2D eigenvalue weighted by Crippen LogP contribution is -2.46. The quantitative estimate of drug-likeness (QED) is 0.781. The predicted molar refractivity (Wildman–Crippen MR) is 68.6 cm³/mol. The zero-order valence-corrected chi connectivity index (χ0v) is 11.0. The van der Waals surface area contributed by atoms with Crippen molar-refractivity contribution in [3.8, 4) is 6.07 Å². The smallest absolute Gasteiger partial charge is 0.253 e. The van der Waals surface area contributed by atoms with E-state index in [1.165, 1.54) is 4.90 Å². The third kappa shape index (κ3) is 2.33. The van der Waals surface area contributed by atoms with Crippen LogP contribution >= 0.6 is 11.6 Å². The van der Waals surface area contributed by atoms with Gasteiger partial charge < -0.3 is 9.64 Å². The van der Waals surface area contributed by atoms with Crippen molar-refractivity contribution in [3.05, 3.63) is 28.3 Å². The summed E-state index contributed by atoms with van der Waals surface area (Å²) in [7, 11) is 0. The van der Waals surface area contributed by atoms with E-state index in [4.69, 9.17) is 21.6 Å². The number of morpholine rings is 1. The van der Waals surface area contributed by atoms with Crippen molar-refractivity contribution < 1.29 is 9.53 Å². The molecule has 0 bridgehead atoms. The molecule has 0 radical (unpaired) electrons. The molecule has 1 aromatic carbocycles. The van der Waals surface area contributed by atoms with E-state index in [2.05, 4.69) is 0 Å². The highest BCUT2D eigenvalue weighted by Crippen LogP contribution is 2.32. The number of amides is 1. The normalized spacial score (nSPS) is 19.8. The van der Waals surface area contributed by atoms with E-state index in [1.54, 1.807) is 0 Å². The largest absolute Gasteiger partial charge is 0.352 e. The number of anilines is 1. The van der Waals surface area contributed by atoms with Crippen molar-refractivity contribution >= 4 is 23.2 Å². The van der Waals surface area contributed by atoms with Crippen LogP contribution in [0.25, 0.3) is 0 Å². The number of ether oxygens (including phenoxy) is 1. The highest BCUT2D eigenvalue weighted by Gasteiger charge is 2.29. The summed E-state index contributed by atoms with van der Waals surface area (Å²) in [5.74, 6) is -0.171. The van der Waals surface area contributed by atoms with Crippen LogP contribution in [0.4, 0.5) is 5.69 Å². The van der Waals surface area contributed by atoms with Gasteiger partial charge in [0.25, 0.3) is 5.91 Å². The molecule has 1 unspecified atom stereocenters. The Bertz CT molecular complexity index is 513. The molecule has 18 heavy (non-hydrogen) atoms. The summed E-state index contributed by atoms with van der Waals surface area (Å²) >= 11 is 6.21. The second-order valence-electron chi connectivity index (χ2n) is 4.35. The Morgan fingerprint density at radius 2 is 2.22 bits per heavy atom. The zero-order valence-electron chi connectivity index (χ0n) is 10.2. The van der Waals surface area contributed by atoms with Gasteiger partial charge in [0.2, 0.25) is 0 Å². The molecule has 1 aliphatic rings. The molecule has 1 atom stereocenters. The molecule has 1 saturated heterocycles. The molecule has 5 heteroatoms. The van der Waals surface area contributed by atoms with Gasteiger partial charge in [0.15, 0.2) is 6.10 Å². The van der Waals surface area contributed by atoms with Gasteiger partial charge in [-0.2, -0.15) is 5.26 Å². The first kappa shape index (κ1) is 12.9. The summed E-state index contributed by atoms with van der Waals surface area (Å²) < 4.78 is 5.10. The molecule has 1 aromatic rings. The van der Waals surface area contributed by atoms with Crippen LogP contribution in [0.1, 0.15) is 11.1 Å². The van der Waals surface area contributed by atoms with Crippen molar-refractivity contribution in [2.75, 3.05) is 18.1 Å². The second-order valence-corrected chi connectivity index (χ2v) is 4.75. The van der Waals surface area contributed by atoms with Crippen LogP contribution in [0.5, 0.6) is 0 Å². The number of hydrogen-bond acceptors (Lipinski definition) is 3. The van der Waals surface area contributed by atoms with Gasteiger partial charge in [-0.3, -0.25) is 4.79 Å². The van der Waals surface area contributed by atoms with Crippen LogP contribution < -0.4 is 4.90 Å². The number of rotatable bonds is 1. The summed E-state index contributed by atoms with van der Waals surface area (Å²) in [6.07, 6.45) is -0.598. The van der Waals surface area contributed by atoms with Gasteiger partial charge in [-0.15, -0.1) is 0 Å². The molecule has 0 saturated carbocycles. The highest BCUT2D eigenvalue weighted by molar-refractivity contribution is 6.34. The summed E-state index contributed by atoms with van der Waals surface area (Å²) in [6.45, 7) is 3.99. The van der Waals surface area contributed by atoms with E-state index >= 15 is 0 Å². The minimum absolute atomic E-state index is 0.0815. The van der Waals surface area contributed by atoms with E-state index in [9.17, 15) is 4.79 Å². The third-order valence-electron chi connectivity index (χ3n) is 2.87. The van der Waals surface area contributed by atoms with Crippen LogP contribution in [-0.4, -0.2) is 25.2 Å². The van der Waals surface area contributed by atoms with Crippen molar-refractivity contribution in [2.45, 2.75) is 20.0 Å². The van der Waals surface area contributed by atoms with E-state index in [0.717, 1.165) is 11.1 Å². The molecule has 0 N–H and O–H groups in total. The van der Waals surface area contributed by atoms with Crippen LogP contribution in [0.2, 0.25) is 5.02 Å². The molecule has 1 aliphatic heterocycles. The SMILES string of the molecule is Cc1cc(C)c(N2CC(C#N)OCC2=O)c(Cl)c1. The Morgan fingerprint density at radius 3 is 2.83 bits per heavy atom. The Labute approximate surface area is 111 Å². The fourth-order valence-electron chi connectivity index (χ4n) is 2.11. The molecule has 0 aromatic heterocycles. The molecule has 1 amide bonds. The highest BCUT2D eigenvalue weighted by atomic mass is 35.5.